The molecule has 1 fully saturated rings. The number of aryl methyl sites for hydroxylation is 1. The Labute approximate surface area is 193 Å². The third-order valence-electron chi connectivity index (χ3n) is 6.26. The van der Waals surface area contributed by atoms with Gasteiger partial charge in [0.2, 0.25) is 0 Å². The molecule has 1 aliphatic heterocycles. The van der Waals surface area contributed by atoms with Crippen molar-refractivity contribution in [2.75, 3.05) is 13.2 Å². The van der Waals surface area contributed by atoms with Gasteiger partial charge in [-0.2, -0.15) is 0 Å². The molecule has 0 aromatic heterocycles. The summed E-state index contributed by atoms with van der Waals surface area (Å²) in [5, 5.41) is 0. The highest BCUT2D eigenvalue weighted by Gasteiger charge is 2.24. The van der Waals surface area contributed by atoms with Gasteiger partial charge in [-0.05, 0) is 48.1 Å². The van der Waals surface area contributed by atoms with E-state index in [2.05, 4.69) is 6.92 Å². The second-order valence-corrected chi connectivity index (χ2v) is 8.66. The topological polar surface area (TPSA) is 18.5 Å². The number of ether oxygens (including phenoxy) is 2. The Morgan fingerprint density at radius 1 is 0.788 bits per heavy atom. The van der Waals surface area contributed by atoms with Crippen LogP contribution in [-0.4, -0.2) is 19.5 Å². The summed E-state index contributed by atoms with van der Waals surface area (Å²) in [7, 11) is 0. The molecule has 0 spiro atoms. The lowest BCUT2D eigenvalue weighted by molar-refractivity contribution is -0.190. The van der Waals surface area contributed by atoms with E-state index >= 15 is 0 Å². The third kappa shape index (κ3) is 5.31. The van der Waals surface area contributed by atoms with E-state index < -0.39 is 11.6 Å². The Morgan fingerprint density at radius 2 is 1.42 bits per heavy atom. The maximum atomic E-state index is 15.0. The van der Waals surface area contributed by atoms with Gasteiger partial charge in [-0.15, -0.1) is 0 Å². The van der Waals surface area contributed by atoms with Gasteiger partial charge in [-0.1, -0.05) is 68.3 Å². The van der Waals surface area contributed by atoms with Crippen LogP contribution in [0.4, 0.5) is 13.2 Å². The second-order valence-electron chi connectivity index (χ2n) is 8.66. The zero-order chi connectivity index (χ0) is 23.4. The molecular weight excluding hydrogens is 425 g/mol. The summed E-state index contributed by atoms with van der Waals surface area (Å²) in [6.07, 6.45) is 4.13. The van der Waals surface area contributed by atoms with Gasteiger partial charge in [0.25, 0.3) is 0 Å². The first-order valence-corrected chi connectivity index (χ1v) is 11.6. The lowest BCUT2D eigenvalue weighted by Crippen LogP contribution is -2.30. The summed E-state index contributed by atoms with van der Waals surface area (Å²) < 4.78 is 54.8. The monoisotopic (exact) mass is 454 g/mol. The van der Waals surface area contributed by atoms with E-state index in [1.807, 2.05) is 6.07 Å². The molecule has 2 nitrogen and oxygen atoms in total. The summed E-state index contributed by atoms with van der Waals surface area (Å²) >= 11 is 0. The van der Waals surface area contributed by atoms with Crippen molar-refractivity contribution in [3.05, 3.63) is 83.2 Å². The molecule has 3 aromatic carbocycles. The lowest BCUT2D eigenvalue weighted by atomic mass is 9.95. The molecule has 1 heterocycles. The van der Waals surface area contributed by atoms with Gasteiger partial charge in [0.05, 0.1) is 13.2 Å². The van der Waals surface area contributed by atoms with Gasteiger partial charge < -0.3 is 9.47 Å². The van der Waals surface area contributed by atoms with Crippen LogP contribution in [0.5, 0.6) is 0 Å². The Balaban J connectivity index is 1.45. The van der Waals surface area contributed by atoms with Crippen LogP contribution in [-0.2, 0) is 9.47 Å². The number of hydrogen-bond acceptors (Lipinski definition) is 2. The lowest BCUT2D eigenvalue weighted by Gasteiger charge is -2.30. The largest absolute Gasteiger partial charge is 0.352 e. The van der Waals surface area contributed by atoms with Crippen molar-refractivity contribution in [3.63, 3.8) is 0 Å². The fraction of sp³-hybridized carbons (Fsp3) is 0.357. The molecule has 0 saturated carbocycles. The molecule has 0 radical (unpaired) electrons. The normalized spacial score (nSPS) is 18.5. The fourth-order valence-electron chi connectivity index (χ4n) is 4.18. The van der Waals surface area contributed by atoms with Crippen LogP contribution in [0.15, 0.2) is 54.6 Å². The first-order chi connectivity index (χ1) is 16.0. The highest BCUT2D eigenvalue weighted by Crippen LogP contribution is 2.32. The summed E-state index contributed by atoms with van der Waals surface area (Å²) in [5.41, 5.74) is 2.95. The van der Waals surface area contributed by atoms with Gasteiger partial charge in [-0.25, -0.2) is 13.2 Å². The van der Waals surface area contributed by atoms with Crippen LogP contribution < -0.4 is 0 Å². The van der Waals surface area contributed by atoms with E-state index in [4.69, 9.17) is 9.47 Å². The van der Waals surface area contributed by atoms with Crippen molar-refractivity contribution in [1.82, 2.24) is 0 Å². The first kappa shape index (κ1) is 23.5. The number of halogens is 3. The van der Waals surface area contributed by atoms with Crippen molar-refractivity contribution < 1.29 is 22.6 Å². The molecule has 3 aromatic rings. The highest BCUT2D eigenvalue weighted by atomic mass is 19.2. The highest BCUT2D eigenvalue weighted by molar-refractivity contribution is 5.71. The molecule has 0 unspecified atom stereocenters. The quantitative estimate of drug-likeness (QED) is 0.339. The van der Waals surface area contributed by atoms with Gasteiger partial charge in [-0.3, -0.25) is 0 Å². The molecule has 174 valence electrons. The molecular formula is C28H29F3O2. The average molecular weight is 455 g/mol. The summed E-state index contributed by atoms with van der Waals surface area (Å²) in [5.74, 6) is -2.06. The van der Waals surface area contributed by atoms with Crippen LogP contribution >= 0.6 is 0 Å². The molecule has 0 amide bonds. The van der Waals surface area contributed by atoms with E-state index in [1.54, 1.807) is 42.5 Å². The molecule has 1 saturated heterocycles. The summed E-state index contributed by atoms with van der Waals surface area (Å²) in [6, 6.07) is 15.1. The molecule has 5 heteroatoms. The number of unbranched alkanes of at least 4 members (excludes halogenated alkanes) is 2. The molecule has 0 N–H and O–H groups in total. The van der Waals surface area contributed by atoms with Gasteiger partial charge in [0.15, 0.2) is 17.9 Å². The molecule has 4 rings (SSSR count). The average Bonchev–Trinajstić information content (AvgIpc) is 2.83. The fourth-order valence-corrected chi connectivity index (χ4v) is 4.18. The minimum atomic E-state index is -0.872. The van der Waals surface area contributed by atoms with Crippen LogP contribution in [0.25, 0.3) is 22.3 Å². The second kappa shape index (κ2) is 10.5. The van der Waals surface area contributed by atoms with E-state index in [1.165, 1.54) is 13.0 Å². The smallest absolute Gasteiger partial charge is 0.166 e. The zero-order valence-electron chi connectivity index (χ0n) is 19.0. The Morgan fingerprint density at radius 3 is 2.06 bits per heavy atom. The molecule has 0 aliphatic carbocycles. The first-order valence-electron chi connectivity index (χ1n) is 11.6. The van der Waals surface area contributed by atoms with Crippen molar-refractivity contribution in [3.8, 4) is 22.3 Å². The van der Waals surface area contributed by atoms with Crippen molar-refractivity contribution in [2.24, 2.45) is 0 Å². The van der Waals surface area contributed by atoms with Crippen LogP contribution in [0, 0.1) is 24.4 Å². The number of hydrogen-bond donors (Lipinski definition) is 0. The Kier molecular flexibility index (Phi) is 7.51. The maximum Gasteiger partial charge on any atom is 0.166 e. The van der Waals surface area contributed by atoms with Crippen LogP contribution in [0.2, 0.25) is 0 Å². The van der Waals surface area contributed by atoms with Gasteiger partial charge >= 0.3 is 0 Å². The molecule has 0 bridgehead atoms. The predicted octanol–water partition coefficient (Wildman–Crippen LogP) is 7.78. The zero-order valence-corrected chi connectivity index (χ0v) is 19.0. The summed E-state index contributed by atoms with van der Waals surface area (Å²) in [6.45, 7) is 4.72. The predicted molar refractivity (Wildman–Crippen MR) is 125 cm³/mol. The number of benzene rings is 3. The van der Waals surface area contributed by atoms with Crippen molar-refractivity contribution in [1.29, 1.82) is 0 Å². The van der Waals surface area contributed by atoms with E-state index in [0.29, 0.717) is 29.9 Å². The van der Waals surface area contributed by atoms with Gasteiger partial charge in [0, 0.05) is 17.0 Å². The van der Waals surface area contributed by atoms with Crippen LogP contribution in [0.3, 0.4) is 0 Å². The van der Waals surface area contributed by atoms with Gasteiger partial charge in [0.1, 0.15) is 5.82 Å². The van der Waals surface area contributed by atoms with Crippen molar-refractivity contribution >= 4 is 0 Å². The molecule has 0 atom stereocenters. The minimum absolute atomic E-state index is 0.00207. The standard InChI is InChI=1S/C28H29F3O2/c1-3-4-5-6-26-32-16-22(17-33-26)21-12-14-23(25(29)15-21)19-8-10-20(11-9-19)24-13-7-18(2)27(30)28(24)31/h7-15,22,26H,3-6,16-17H2,1-2H3. The Hall–Kier alpha value is -2.63. The minimum Gasteiger partial charge on any atom is -0.352 e. The Bertz CT molecular complexity index is 1090. The summed E-state index contributed by atoms with van der Waals surface area (Å²) in [4.78, 5) is 0. The molecule has 1 aliphatic rings. The third-order valence-corrected chi connectivity index (χ3v) is 6.26. The van der Waals surface area contributed by atoms with E-state index in [9.17, 15) is 13.2 Å². The van der Waals surface area contributed by atoms with Crippen LogP contribution in [0.1, 0.15) is 49.7 Å². The SMILES string of the molecule is CCCCCC1OCC(c2ccc(-c3ccc(-c4ccc(C)c(F)c4F)cc3)c(F)c2)CO1. The number of rotatable bonds is 7. The maximum absolute atomic E-state index is 15.0. The van der Waals surface area contributed by atoms with Crippen molar-refractivity contribution in [2.45, 2.75) is 51.7 Å². The molecule has 33 heavy (non-hydrogen) atoms. The van der Waals surface area contributed by atoms with E-state index in [0.717, 1.165) is 31.2 Å². The van der Waals surface area contributed by atoms with E-state index in [-0.39, 0.29) is 29.2 Å².